The van der Waals surface area contributed by atoms with Crippen molar-refractivity contribution >= 4 is 5.97 Å². The molecule has 0 aromatic carbocycles. The van der Waals surface area contributed by atoms with Gasteiger partial charge < -0.3 is 4.74 Å². The summed E-state index contributed by atoms with van der Waals surface area (Å²) in [6, 6.07) is 1.41. The van der Waals surface area contributed by atoms with Crippen molar-refractivity contribution < 1.29 is 9.53 Å². The van der Waals surface area contributed by atoms with E-state index in [1.54, 1.807) is 6.92 Å². The molecule has 0 radical (unpaired) electrons. The fourth-order valence-corrected chi connectivity index (χ4v) is 1.49. The van der Waals surface area contributed by atoms with Crippen LogP contribution in [0.25, 0.3) is 0 Å². The Balaban J connectivity index is 2.79. The van der Waals surface area contributed by atoms with E-state index in [0.717, 1.165) is 4.57 Å². The molecule has 0 bridgehead atoms. The summed E-state index contributed by atoms with van der Waals surface area (Å²) in [6.07, 6.45) is 0.540. The van der Waals surface area contributed by atoms with Crippen LogP contribution in [0.5, 0.6) is 0 Å². The van der Waals surface area contributed by atoms with Gasteiger partial charge in [-0.2, -0.15) is 0 Å². The number of hydrogen-bond acceptors (Lipinski definition) is 4. The van der Waals surface area contributed by atoms with Gasteiger partial charge in [-0.25, -0.2) is 4.79 Å². The molecule has 0 saturated carbocycles. The fourth-order valence-electron chi connectivity index (χ4n) is 1.49. The first-order valence-electron chi connectivity index (χ1n) is 5.34. The number of rotatable bonds is 4. The third kappa shape index (κ3) is 3.30. The molecule has 0 N–H and O–H groups in total. The van der Waals surface area contributed by atoms with Crippen LogP contribution in [0.2, 0.25) is 0 Å². The standard InChI is InChI=1S/C11H16N2O4/c1-8-7-10(15)12(3)11(16)13(8)5-4-6-17-9(2)14/h7H,4-6H2,1-3H3. The first-order chi connectivity index (χ1) is 7.93. The van der Waals surface area contributed by atoms with Crippen molar-refractivity contribution in [3.05, 3.63) is 32.6 Å². The molecule has 0 atom stereocenters. The minimum atomic E-state index is -0.349. The van der Waals surface area contributed by atoms with Gasteiger partial charge in [0.2, 0.25) is 0 Å². The molecule has 0 unspecified atom stereocenters. The molecule has 0 spiro atoms. The minimum Gasteiger partial charge on any atom is -0.466 e. The van der Waals surface area contributed by atoms with Gasteiger partial charge in [-0.3, -0.25) is 18.7 Å². The smallest absolute Gasteiger partial charge is 0.330 e. The van der Waals surface area contributed by atoms with Crippen molar-refractivity contribution in [1.29, 1.82) is 0 Å². The van der Waals surface area contributed by atoms with Gasteiger partial charge in [-0.15, -0.1) is 0 Å². The van der Waals surface area contributed by atoms with E-state index in [-0.39, 0.29) is 23.8 Å². The molecule has 0 aliphatic heterocycles. The molecule has 6 heteroatoms. The van der Waals surface area contributed by atoms with Crippen molar-refractivity contribution in [3.63, 3.8) is 0 Å². The second kappa shape index (κ2) is 5.47. The van der Waals surface area contributed by atoms with E-state index >= 15 is 0 Å². The molecular formula is C11H16N2O4. The van der Waals surface area contributed by atoms with Crippen molar-refractivity contribution in [2.45, 2.75) is 26.8 Å². The normalized spacial score (nSPS) is 10.3. The van der Waals surface area contributed by atoms with Gasteiger partial charge in [0.05, 0.1) is 6.61 Å². The topological polar surface area (TPSA) is 70.3 Å². The molecule has 0 fully saturated rings. The van der Waals surface area contributed by atoms with E-state index < -0.39 is 0 Å². The Morgan fingerprint density at radius 3 is 2.65 bits per heavy atom. The summed E-state index contributed by atoms with van der Waals surface area (Å²) < 4.78 is 7.32. The average Bonchev–Trinajstić information content (AvgIpc) is 2.24. The van der Waals surface area contributed by atoms with Gasteiger partial charge in [-0.1, -0.05) is 0 Å². The highest BCUT2D eigenvalue weighted by Gasteiger charge is 2.05. The SMILES string of the molecule is CC(=O)OCCCn1c(C)cc(=O)n(C)c1=O. The van der Waals surface area contributed by atoms with Gasteiger partial charge in [0, 0.05) is 32.3 Å². The highest BCUT2D eigenvalue weighted by Crippen LogP contribution is 1.93. The van der Waals surface area contributed by atoms with Crippen molar-refractivity contribution in [3.8, 4) is 0 Å². The van der Waals surface area contributed by atoms with Gasteiger partial charge in [0.1, 0.15) is 0 Å². The molecule has 0 saturated heterocycles. The van der Waals surface area contributed by atoms with Crippen LogP contribution in [-0.4, -0.2) is 21.7 Å². The number of hydrogen-bond donors (Lipinski definition) is 0. The Bertz CT molecular complexity index is 527. The minimum absolute atomic E-state index is 0.268. The highest BCUT2D eigenvalue weighted by molar-refractivity contribution is 5.65. The van der Waals surface area contributed by atoms with Crippen LogP contribution >= 0.6 is 0 Å². The van der Waals surface area contributed by atoms with E-state index in [0.29, 0.717) is 18.7 Å². The van der Waals surface area contributed by atoms with Crippen LogP contribution in [0.3, 0.4) is 0 Å². The Labute approximate surface area is 98.4 Å². The maximum Gasteiger partial charge on any atom is 0.330 e. The zero-order valence-electron chi connectivity index (χ0n) is 10.2. The molecule has 17 heavy (non-hydrogen) atoms. The summed E-state index contributed by atoms with van der Waals surface area (Å²) in [5, 5.41) is 0. The number of esters is 1. The Morgan fingerprint density at radius 2 is 2.06 bits per heavy atom. The van der Waals surface area contributed by atoms with Gasteiger partial charge in [0.25, 0.3) is 5.56 Å². The Hall–Kier alpha value is -1.85. The van der Waals surface area contributed by atoms with Crippen molar-refractivity contribution in [2.24, 2.45) is 7.05 Å². The number of nitrogens with zero attached hydrogens (tertiary/aromatic N) is 2. The third-order valence-electron chi connectivity index (χ3n) is 2.44. The van der Waals surface area contributed by atoms with Gasteiger partial charge in [-0.05, 0) is 13.3 Å². The Morgan fingerprint density at radius 1 is 1.41 bits per heavy atom. The molecule has 0 amide bonds. The summed E-state index contributed by atoms with van der Waals surface area (Å²) in [5.74, 6) is -0.338. The highest BCUT2D eigenvalue weighted by atomic mass is 16.5. The predicted octanol–water partition coefficient (Wildman–Crippen LogP) is -0.191. The molecule has 0 aliphatic carbocycles. The van der Waals surface area contributed by atoms with Crippen molar-refractivity contribution in [2.75, 3.05) is 6.61 Å². The molecular weight excluding hydrogens is 224 g/mol. The van der Waals surface area contributed by atoms with Crippen LogP contribution in [0, 0.1) is 6.92 Å². The summed E-state index contributed by atoms with van der Waals surface area (Å²) in [4.78, 5) is 33.6. The number of aromatic nitrogens is 2. The molecule has 0 aliphatic rings. The van der Waals surface area contributed by atoms with E-state index in [1.165, 1.54) is 24.6 Å². The summed E-state index contributed by atoms with van der Waals surface area (Å²) in [5.41, 5.74) is -0.0533. The first-order valence-corrected chi connectivity index (χ1v) is 5.34. The predicted molar refractivity (Wildman–Crippen MR) is 61.9 cm³/mol. The lowest BCUT2D eigenvalue weighted by Gasteiger charge is -2.10. The van der Waals surface area contributed by atoms with Crippen molar-refractivity contribution in [1.82, 2.24) is 9.13 Å². The zero-order valence-corrected chi connectivity index (χ0v) is 10.2. The molecule has 1 aromatic rings. The monoisotopic (exact) mass is 240 g/mol. The summed E-state index contributed by atoms with van der Waals surface area (Å²) in [6.45, 7) is 3.73. The van der Waals surface area contributed by atoms with Gasteiger partial charge in [0.15, 0.2) is 0 Å². The Kier molecular flexibility index (Phi) is 4.25. The number of carbonyl (C=O) groups is 1. The number of aryl methyl sites for hydroxylation is 1. The second-order valence-electron chi connectivity index (χ2n) is 3.81. The van der Waals surface area contributed by atoms with Gasteiger partial charge >= 0.3 is 11.7 Å². The molecule has 1 heterocycles. The quantitative estimate of drug-likeness (QED) is 0.540. The molecule has 94 valence electrons. The largest absolute Gasteiger partial charge is 0.466 e. The van der Waals surface area contributed by atoms with Crippen LogP contribution in [-0.2, 0) is 23.1 Å². The molecule has 1 aromatic heterocycles. The second-order valence-corrected chi connectivity index (χ2v) is 3.81. The maximum absolute atomic E-state index is 11.8. The van der Waals surface area contributed by atoms with Crippen LogP contribution in [0.15, 0.2) is 15.7 Å². The van der Waals surface area contributed by atoms with E-state index in [4.69, 9.17) is 4.74 Å². The maximum atomic E-state index is 11.8. The third-order valence-corrected chi connectivity index (χ3v) is 2.44. The average molecular weight is 240 g/mol. The summed E-state index contributed by atoms with van der Waals surface area (Å²) >= 11 is 0. The van der Waals surface area contributed by atoms with E-state index in [9.17, 15) is 14.4 Å². The molecule has 1 rings (SSSR count). The lowest BCUT2D eigenvalue weighted by Crippen LogP contribution is -2.38. The first kappa shape index (κ1) is 13.2. The molecule has 6 nitrogen and oxygen atoms in total. The van der Waals surface area contributed by atoms with E-state index in [1.807, 2.05) is 0 Å². The van der Waals surface area contributed by atoms with Crippen LogP contribution in [0.1, 0.15) is 19.0 Å². The lowest BCUT2D eigenvalue weighted by molar-refractivity contribution is -0.141. The zero-order chi connectivity index (χ0) is 13.0. The lowest BCUT2D eigenvalue weighted by atomic mass is 10.3. The van der Waals surface area contributed by atoms with Crippen LogP contribution in [0.4, 0.5) is 0 Å². The number of carbonyl (C=O) groups excluding carboxylic acids is 1. The van der Waals surface area contributed by atoms with Crippen LogP contribution < -0.4 is 11.2 Å². The summed E-state index contributed by atoms with van der Waals surface area (Å²) in [7, 11) is 1.44. The van der Waals surface area contributed by atoms with E-state index in [2.05, 4.69) is 0 Å². The number of ether oxygens (including phenoxy) is 1. The fraction of sp³-hybridized carbons (Fsp3) is 0.545.